The maximum Gasteiger partial charge on any atom is 0.253 e. The molecule has 0 aromatic heterocycles. The summed E-state index contributed by atoms with van der Waals surface area (Å²) in [5.74, 6) is 0.141. The van der Waals surface area contributed by atoms with E-state index < -0.39 is 0 Å². The summed E-state index contributed by atoms with van der Waals surface area (Å²) in [7, 11) is 0. The van der Waals surface area contributed by atoms with Crippen LogP contribution in [0.15, 0.2) is 24.3 Å². The quantitative estimate of drug-likeness (QED) is 0.816. The van der Waals surface area contributed by atoms with Gasteiger partial charge in [0.25, 0.3) is 5.91 Å². The monoisotopic (exact) mass is 371 g/mol. The summed E-state index contributed by atoms with van der Waals surface area (Å²) in [6.07, 6.45) is 2.18. The maximum atomic E-state index is 12.9. The molecule has 3 rings (SSSR count). The number of likely N-dealkylation sites (tertiary alicyclic amines) is 1. The predicted octanol–water partition coefficient (Wildman–Crippen LogP) is 1.93. The van der Waals surface area contributed by atoms with Gasteiger partial charge >= 0.3 is 0 Å². The molecule has 2 fully saturated rings. The summed E-state index contributed by atoms with van der Waals surface area (Å²) in [4.78, 5) is 43.0. The highest BCUT2D eigenvalue weighted by Gasteiger charge is 2.33. The van der Waals surface area contributed by atoms with E-state index in [9.17, 15) is 14.4 Å². The van der Waals surface area contributed by atoms with Gasteiger partial charge in [0, 0.05) is 51.3 Å². The van der Waals surface area contributed by atoms with Crippen molar-refractivity contribution in [1.29, 1.82) is 0 Å². The summed E-state index contributed by atoms with van der Waals surface area (Å²) in [6.45, 7) is 7.45. The first kappa shape index (κ1) is 19.4. The number of carbonyl (C=O) groups excluding carboxylic acids is 3. The minimum absolute atomic E-state index is 0.00543. The van der Waals surface area contributed by atoms with E-state index in [1.807, 2.05) is 52.8 Å². The average Bonchev–Trinajstić information content (AvgIpc) is 2.73. The first-order chi connectivity index (χ1) is 13.0. The van der Waals surface area contributed by atoms with Crippen molar-refractivity contribution in [2.24, 2.45) is 5.92 Å². The summed E-state index contributed by atoms with van der Waals surface area (Å²) >= 11 is 0. The second-order valence-corrected chi connectivity index (χ2v) is 7.52. The van der Waals surface area contributed by atoms with Gasteiger partial charge in [0.2, 0.25) is 11.8 Å². The van der Waals surface area contributed by atoms with Crippen molar-refractivity contribution in [3.05, 3.63) is 35.4 Å². The Balaban J connectivity index is 1.57. The molecule has 2 saturated heterocycles. The van der Waals surface area contributed by atoms with E-state index in [-0.39, 0.29) is 23.6 Å². The number of hydrogen-bond donors (Lipinski definition) is 0. The van der Waals surface area contributed by atoms with Gasteiger partial charge in [-0.2, -0.15) is 0 Å². The van der Waals surface area contributed by atoms with E-state index >= 15 is 0 Å². The average molecular weight is 371 g/mol. The number of rotatable bonds is 3. The highest BCUT2D eigenvalue weighted by molar-refractivity contribution is 5.94. The summed E-state index contributed by atoms with van der Waals surface area (Å²) in [5.41, 5.74) is 1.80. The van der Waals surface area contributed by atoms with Gasteiger partial charge in [-0.25, -0.2) is 0 Å². The van der Waals surface area contributed by atoms with Crippen LogP contribution in [0.25, 0.3) is 0 Å². The van der Waals surface area contributed by atoms with Gasteiger partial charge in [-0.15, -0.1) is 0 Å². The lowest BCUT2D eigenvalue weighted by molar-refractivity contribution is -0.143. The van der Waals surface area contributed by atoms with Crippen LogP contribution in [0.1, 0.15) is 42.1 Å². The van der Waals surface area contributed by atoms with Gasteiger partial charge in [-0.1, -0.05) is 24.6 Å². The van der Waals surface area contributed by atoms with Crippen molar-refractivity contribution >= 4 is 17.7 Å². The van der Waals surface area contributed by atoms with E-state index in [0.717, 1.165) is 18.4 Å². The first-order valence-electron chi connectivity index (χ1n) is 9.92. The smallest absolute Gasteiger partial charge is 0.253 e. The molecule has 2 aliphatic heterocycles. The molecule has 1 unspecified atom stereocenters. The lowest BCUT2D eigenvalue weighted by Crippen LogP contribution is -2.54. The van der Waals surface area contributed by atoms with Crippen LogP contribution in [0, 0.1) is 12.8 Å². The van der Waals surface area contributed by atoms with E-state index in [4.69, 9.17) is 0 Å². The van der Waals surface area contributed by atoms with Gasteiger partial charge in [0.15, 0.2) is 0 Å². The zero-order chi connectivity index (χ0) is 19.4. The van der Waals surface area contributed by atoms with Gasteiger partial charge in [-0.05, 0) is 31.9 Å². The topological polar surface area (TPSA) is 60.9 Å². The number of piperidine rings is 1. The van der Waals surface area contributed by atoms with Crippen LogP contribution in [0.3, 0.4) is 0 Å². The fourth-order valence-electron chi connectivity index (χ4n) is 3.90. The second kappa shape index (κ2) is 8.55. The van der Waals surface area contributed by atoms with Crippen molar-refractivity contribution in [3.63, 3.8) is 0 Å². The fraction of sp³-hybridized carbons (Fsp3) is 0.571. The Kier molecular flexibility index (Phi) is 6.14. The molecular formula is C21H29N3O3. The molecule has 6 heteroatoms. The van der Waals surface area contributed by atoms with Crippen molar-refractivity contribution in [2.75, 3.05) is 39.3 Å². The Morgan fingerprint density at radius 2 is 1.56 bits per heavy atom. The SMILES string of the molecule is CCC(=O)N1CCN(C(=O)C2CCCN(C(=O)c3ccc(C)cc3)C2)CC1. The van der Waals surface area contributed by atoms with E-state index in [2.05, 4.69) is 0 Å². The molecule has 0 aliphatic carbocycles. The van der Waals surface area contributed by atoms with E-state index in [0.29, 0.717) is 51.3 Å². The largest absolute Gasteiger partial charge is 0.339 e. The Hall–Kier alpha value is -2.37. The van der Waals surface area contributed by atoms with Crippen LogP contribution >= 0.6 is 0 Å². The summed E-state index contributed by atoms with van der Waals surface area (Å²) < 4.78 is 0. The van der Waals surface area contributed by atoms with Crippen LogP contribution in [0.4, 0.5) is 0 Å². The molecule has 6 nitrogen and oxygen atoms in total. The number of piperazine rings is 1. The zero-order valence-electron chi connectivity index (χ0n) is 16.3. The first-order valence-corrected chi connectivity index (χ1v) is 9.92. The van der Waals surface area contributed by atoms with Crippen LogP contribution in [-0.4, -0.2) is 71.7 Å². The standard InChI is InChI=1S/C21H29N3O3/c1-3-19(25)22-11-13-23(14-12-22)21(27)18-5-4-10-24(15-18)20(26)17-8-6-16(2)7-9-17/h6-9,18H,3-5,10-15H2,1-2H3. The third-order valence-electron chi connectivity index (χ3n) is 5.60. The molecule has 3 amide bonds. The molecular weight excluding hydrogens is 342 g/mol. The van der Waals surface area contributed by atoms with Gasteiger partial charge in [0.05, 0.1) is 5.92 Å². The minimum atomic E-state index is -0.137. The molecule has 0 bridgehead atoms. The zero-order valence-corrected chi connectivity index (χ0v) is 16.3. The van der Waals surface area contributed by atoms with Crippen molar-refractivity contribution in [2.45, 2.75) is 33.1 Å². The van der Waals surface area contributed by atoms with Gasteiger partial charge in [-0.3, -0.25) is 14.4 Å². The molecule has 0 spiro atoms. The van der Waals surface area contributed by atoms with Crippen LogP contribution in [0.2, 0.25) is 0 Å². The number of hydrogen-bond acceptors (Lipinski definition) is 3. The maximum absolute atomic E-state index is 12.9. The van der Waals surface area contributed by atoms with E-state index in [1.54, 1.807) is 0 Å². The third kappa shape index (κ3) is 4.49. The summed E-state index contributed by atoms with van der Waals surface area (Å²) in [5, 5.41) is 0. The Morgan fingerprint density at radius 1 is 0.926 bits per heavy atom. The van der Waals surface area contributed by atoms with E-state index in [1.165, 1.54) is 0 Å². The van der Waals surface area contributed by atoms with Gasteiger partial charge in [0.1, 0.15) is 0 Å². The molecule has 1 aromatic rings. The van der Waals surface area contributed by atoms with Crippen LogP contribution in [-0.2, 0) is 9.59 Å². The Labute approximate surface area is 161 Å². The number of carbonyl (C=O) groups is 3. The molecule has 0 N–H and O–H groups in total. The van der Waals surface area contributed by atoms with Crippen molar-refractivity contribution in [1.82, 2.24) is 14.7 Å². The predicted molar refractivity (Wildman–Crippen MR) is 103 cm³/mol. The lowest BCUT2D eigenvalue weighted by atomic mass is 9.95. The molecule has 0 saturated carbocycles. The lowest BCUT2D eigenvalue weighted by Gasteiger charge is -2.39. The van der Waals surface area contributed by atoms with Crippen molar-refractivity contribution < 1.29 is 14.4 Å². The molecule has 1 atom stereocenters. The molecule has 0 radical (unpaired) electrons. The summed E-state index contributed by atoms with van der Waals surface area (Å²) in [6, 6.07) is 7.59. The number of amides is 3. The number of aryl methyl sites for hydroxylation is 1. The Bertz CT molecular complexity index is 693. The molecule has 2 heterocycles. The highest BCUT2D eigenvalue weighted by Crippen LogP contribution is 2.22. The number of nitrogens with zero attached hydrogens (tertiary/aromatic N) is 3. The minimum Gasteiger partial charge on any atom is -0.339 e. The molecule has 1 aromatic carbocycles. The molecule has 27 heavy (non-hydrogen) atoms. The third-order valence-corrected chi connectivity index (χ3v) is 5.60. The fourth-order valence-corrected chi connectivity index (χ4v) is 3.90. The molecule has 2 aliphatic rings. The van der Waals surface area contributed by atoms with Crippen molar-refractivity contribution in [3.8, 4) is 0 Å². The van der Waals surface area contributed by atoms with Crippen LogP contribution in [0.5, 0.6) is 0 Å². The van der Waals surface area contributed by atoms with Crippen LogP contribution < -0.4 is 0 Å². The molecule has 146 valence electrons. The normalized spacial score (nSPS) is 20.5. The Morgan fingerprint density at radius 3 is 2.19 bits per heavy atom. The highest BCUT2D eigenvalue weighted by atomic mass is 16.2. The van der Waals surface area contributed by atoms with Gasteiger partial charge < -0.3 is 14.7 Å². The number of benzene rings is 1. The second-order valence-electron chi connectivity index (χ2n) is 7.52.